The third kappa shape index (κ3) is 4.36. The molecule has 9 nitrogen and oxygen atoms in total. The molecular weight excluding hydrogens is 436 g/mol. The van der Waals surface area contributed by atoms with E-state index in [0.29, 0.717) is 37.0 Å². The second-order valence-corrected chi connectivity index (χ2v) is 8.66. The van der Waals surface area contributed by atoms with Crippen LogP contribution in [0.15, 0.2) is 30.3 Å². The molecule has 0 unspecified atom stereocenters. The van der Waals surface area contributed by atoms with Gasteiger partial charge in [0.1, 0.15) is 23.8 Å². The summed E-state index contributed by atoms with van der Waals surface area (Å²) in [4.78, 5) is 29.5. The Hall–Kier alpha value is -3.43. The first-order valence-corrected chi connectivity index (χ1v) is 11.6. The standard InChI is InChI=1S/C25H28N4O5/c1-2-22(30)24-19-12-20(23(31)13-21(19)26-27-24)25(32)29-14-16-3-4-18(11-17(16)15-29)34-10-7-28-5-8-33-9-6-28/h3-4,11-13,31H,2,5-10,14-15H2,1H3,(H,26,27). The third-order valence-electron chi connectivity index (χ3n) is 6.46. The van der Waals surface area contributed by atoms with Gasteiger partial charge in [-0.1, -0.05) is 13.0 Å². The van der Waals surface area contributed by atoms with Gasteiger partial charge in [0, 0.05) is 50.6 Å². The summed E-state index contributed by atoms with van der Waals surface area (Å²) in [6.07, 6.45) is 0.308. The number of hydrogen-bond acceptors (Lipinski definition) is 7. The molecule has 0 spiro atoms. The van der Waals surface area contributed by atoms with Crippen molar-refractivity contribution < 1.29 is 24.2 Å². The van der Waals surface area contributed by atoms with Crippen molar-refractivity contribution in [1.82, 2.24) is 20.0 Å². The maximum absolute atomic E-state index is 13.3. The predicted octanol–water partition coefficient (Wildman–Crippen LogP) is 2.73. The number of amides is 1. The smallest absolute Gasteiger partial charge is 0.258 e. The van der Waals surface area contributed by atoms with Gasteiger partial charge in [-0.2, -0.15) is 5.10 Å². The van der Waals surface area contributed by atoms with Gasteiger partial charge in [-0.3, -0.25) is 19.6 Å². The van der Waals surface area contributed by atoms with E-state index < -0.39 is 0 Å². The molecule has 3 heterocycles. The number of aromatic hydroxyl groups is 1. The van der Waals surface area contributed by atoms with E-state index >= 15 is 0 Å². The molecule has 2 aliphatic rings. The number of Topliss-reactive ketones (excluding diaryl/α,β-unsaturated/α-hetero) is 1. The Morgan fingerprint density at radius 3 is 2.74 bits per heavy atom. The van der Waals surface area contributed by atoms with Crippen LogP contribution in [-0.4, -0.2) is 76.2 Å². The van der Waals surface area contributed by atoms with Crippen LogP contribution in [0.3, 0.4) is 0 Å². The van der Waals surface area contributed by atoms with Crippen LogP contribution in [0, 0.1) is 0 Å². The lowest BCUT2D eigenvalue weighted by atomic mass is 10.1. The number of aromatic amines is 1. The van der Waals surface area contributed by atoms with Gasteiger partial charge in [0.15, 0.2) is 5.78 Å². The van der Waals surface area contributed by atoms with Crippen molar-refractivity contribution in [3.05, 3.63) is 52.7 Å². The number of nitrogens with one attached hydrogen (secondary N) is 1. The monoisotopic (exact) mass is 464 g/mol. The molecule has 1 amide bonds. The lowest BCUT2D eigenvalue weighted by Crippen LogP contribution is -2.38. The minimum absolute atomic E-state index is 0.120. The Labute approximate surface area is 197 Å². The van der Waals surface area contributed by atoms with E-state index in [4.69, 9.17) is 9.47 Å². The van der Waals surface area contributed by atoms with E-state index in [0.717, 1.165) is 49.7 Å². The van der Waals surface area contributed by atoms with Crippen molar-refractivity contribution >= 4 is 22.6 Å². The summed E-state index contributed by atoms with van der Waals surface area (Å²) in [5, 5.41) is 17.9. The molecule has 0 bridgehead atoms. The second kappa shape index (κ2) is 9.44. The summed E-state index contributed by atoms with van der Waals surface area (Å²) in [6, 6.07) is 8.92. The number of carbonyl (C=O) groups is 2. The average Bonchev–Trinajstić information content (AvgIpc) is 3.47. The molecule has 9 heteroatoms. The van der Waals surface area contributed by atoms with Gasteiger partial charge in [0.05, 0.1) is 24.3 Å². The fraction of sp³-hybridized carbons (Fsp3) is 0.400. The normalized spacial score (nSPS) is 16.1. The van der Waals surface area contributed by atoms with Crippen molar-refractivity contribution in [3.63, 3.8) is 0 Å². The van der Waals surface area contributed by atoms with E-state index in [1.54, 1.807) is 17.9 Å². The zero-order chi connectivity index (χ0) is 23.7. The predicted molar refractivity (Wildman–Crippen MR) is 125 cm³/mol. The van der Waals surface area contributed by atoms with E-state index in [1.807, 2.05) is 18.2 Å². The molecule has 0 aliphatic carbocycles. The van der Waals surface area contributed by atoms with Gasteiger partial charge in [-0.05, 0) is 29.3 Å². The molecule has 1 aromatic heterocycles. The lowest BCUT2D eigenvalue weighted by Gasteiger charge is -2.26. The number of phenols is 1. The number of H-pyrrole nitrogens is 1. The first-order valence-electron chi connectivity index (χ1n) is 11.6. The highest BCUT2D eigenvalue weighted by Crippen LogP contribution is 2.32. The molecule has 3 aromatic rings. The summed E-state index contributed by atoms with van der Waals surface area (Å²) < 4.78 is 11.3. The number of hydrogen-bond donors (Lipinski definition) is 2. The number of rotatable bonds is 7. The van der Waals surface area contributed by atoms with Gasteiger partial charge in [-0.25, -0.2) is 0 Å². The van der Waals surface area contributed by atoms with Crippen molar-refractivity contribution in [1.29, 1.82) is 0 Å². The van der Waals surface area contributed by atoms with Gasteiger partial charge in [0.2, 0.25) is 0 Å². The third-order valence-corrected chi connectivity index (χ3v) is 6.46. The number of nitrogens with zero attached hydrogens (tertiary/aromatic N) is 3. The average molecular weight is 465 g/mol. The molecule has 0 radical (unpaired) electrons. The molecule has 178 valence electrons. The quantitative estimate of drug-likeness (QED) is 0.518. The van der Waals surface area contributed by atoms with Crippen LogP contribution in [0.4, 0.5) is 0 Å². The Bertz CT molecular complexity index is 1230. The zero-order valence-corrected chi connectivity index (χ0v) is 19.2. The number of morpholine rings is 1. The van der Waals surface area contributed by atoms with E-state index in [2.05, 4.69) is 15.1 Å². The first kappa shape index (κ1) is 22.4. The van der Waals surface area contributed by atoms with Crippen LogP contribution in [0.2, 0.25) is 0 Å². The van der Waals surface area contributed by atoms with Crippen LogP contribution in [0.25, 0.3) is 10.9 Å². The molecule has 2 N–H and O–H groups in total. The van der Waals surface area contributed by atoms with Crippen LogP contribution in [-0.2, 0) is 17.8 Å². The number of benzene rings is 2. The Kier molecular flexibility index (Phi) is 6.21. The number of ketones is 1. The molecule has 0 saturated carbocycles. The van der Waals surface area contributed by atoms with Crippen molar-refractivity contribution in [2.75, 3.05) is 39.5 Å². The van der Waals surface area contributed by atoms with Crippen LogP contribution >= 0.6 is 0 Å². The zero-order valence-electron chi connectivity index (χ0n) is 19.2. The fourth-order valence-corrected chi connectivity index (χ4v) is 4.50. The molecule has 2 aromatic carbocycles. The number of carbonyl (C=O) groups excluding carboxylic acids is 2. The maximum Gasteiger partial charge on any atom is 0.258 e. The summed E-state index contributed by atoms with van der Waals surface area (Å²) >= 11 is 0. The van der Waals surface area contributed by atoms with Gasteiger partial charge >= 0.3 is 0 Å². The molecule has 34 heavy (non-hydrogen) atoms. The molecule has 1 saturated heterocycles. The summed E-state index contributed by atoms with van der Waals surface area (Å²) in [5.41, 5.74) is 3.06. The van der Waals surface area contributed by atoms with Crippen molar-refractivity contribution in [2.45, 2.75) is 26.4 Å². The summed E-state index contributed by atoms with van der Waals surface area (Å²) in [5.74, 6) is 0.234. The summed E-state index contributed by atoms with van der Waals surface area (Å²) in [6.45, 7) is 7.47. The van der Waals surface area contributed by atoms with Crippen molar-refractivity contribution in [3.8, 4) is 11.5 Å². The fourth-order valence-electron chi connectivity index (χ4n) is 4.50. The Balaban J connectivity index is 1.28. The van der Waals surface area contributed by atoms with Crippen LogP contribution in [0.5, 0.6) is 11.5 Å². The minimum atomic E-state index is -0.290. The highest BCUT2D eigenvalue weighted by Gasteiger charge is 2.27. The number of fused-ring (bicyclic) bond motifs is 2. The van der Waals surface area contributed by atoms with Crippen LogP contribution in [0.1, 0.15) is 45.3 Å². The SMILES string of the molecule is CCC(=O)c1n[nH]c2cc(O)c(C(=O)N3Cc4ccc(OCCN5CCOCC5)cc4C3)cc12. The second-order valence-electron chi connectivity index (χ2n) is 8.66. The van der Waals surface area contributed by atoms with Gasteiger partial charge in [0.25, 0.3) is 5.91 Å². The van der Waals surface area contributed by atoms with Gasteiger partial charge in [-0.15, -0.1) is 0 Å². The number of ether oxygens (including phenoxy) is 2. The highest BCUT2D eigenvalue weighted by molar-refractivity contribution is 6.09. The topological polar surface area (TPSA) is 108 Å². The number of aromatic nitrogens is 2. The largest absolute Gasteiger partial charge is 0.507 e. The van der Waals surface area contributed by atoms with Crippen molar-refractivity contribution in [2.24, 2.45) is 0 Å². The lowest BCUT2D eigenvalue weighted by molar-refractivity contribution is 0.0322. The van der Waals surface area contributed by atoms with E-state index in [-0.39, 0.29) is 28.7 Å². The van der Waals surface area contributed by atoms with Crippen LogP contribution < -0.4 is 4.74 Å². The number of phenolic OH excluding ortho intramolecular Hbond substituents is 1. The first-order chi connectivity index (χ1) is 16.5. The molecule has 5 rings (SSSR count). The maximum atomic E-state index is 13.3. The molecule has 2 aliphatic heterocycles. The van der Waals surface area contributed by atoms with E-state index in [9.17, 15) is 14.7 Å². The van der Waals surface area contributed by atoms with Gasteiger partial charge < -0.3 is 19.5 Å². The summed E-state index contributed by atoms with van der Waals surface area (Å²) in [7, 11) is 0. The minimum Gasteiger partial charge on any atom is -0.507 e. The molecule has 0 atom stereocenters. The van der Waals surface area contributed by atoms with E-state index in [1.165, 1.54) is 6.07 Å². The molecule has 1 fully saturated rings. The Morgan fingerprint density at radius 2 is 1.94 bits per heavy atom. The molecular formula is C25H28N4O5. The Morgan fingerprint density at radius 1 is 1.15 bits per heavy atom. The highest BCUT2D eigenvalue weighted by atomic mass is 16.5.